The third kappa shape index (κ3) is 4.53. The summed E-state index contributed by atoms with van der Waals surface area (Å²) in [6, 6.07) is 4.61. The molecule has 0 aliphatic carbocycles. The molecule has 6 heteroatoms. The van der Waals surface area contributed by atoms with E-state index in [4.69, 9.17) is 11.6 Å². The molecule has 1 unspecified atom stereocenters. The lowest BCUT2D eigenvalue weighted by molar-refractivity contribution is 0.482. The van der Waals surface area contributed by atoms with Crippen molar-refractivity contribution in [2.24, 2.45) is 5.92 Å². The molecule has 1 aromatic rings. The van der Waals surface area contributed by atoms with E-state index in [1.807, 2.05) is 6.92 Å². The Morgan fingerprint density at radius 3 is 2.44 bits per heavy atom. The molecule has 102 valence electrons. The molecule has 1 N–H and O–H groups in total. The number of nitrogens with one attached hydrogen (secondary N) is 1. The van der Waals surface area contributed by atoms with Crippen LogP contribution in [0.25, 0.3) is 0 Å². The van der Waals surface area contributed by atoms with Crippen LogP contribution < -0.4 is 4.72 Å². The van der Waals surface area contributed by atoms with Gasteiger partial charge in [0.2, 0.25) is 10.0 Å². The van der Waals surface area contributed by atoms with Crippen LogP contribution in [0.3, 0.4) is 0 Å². The van der Waals surface area contributed by atoms with Gasteiger partial charge in [0.25, 0.3) is 0 Å². The number of hydrogen-bond acceptors (Lipinski definition) is 2. The Hall–Kier alpha value is -0.100. The van der Waals surface area contributed by atoms with Gasteiger partial charge in [0.1, 0.15) is 4.90 Å². The van der Waals surface area contributed by atoms with Gasteiger partial charge in [0.15, 0.2) is 0 Å². The summed E-state index contributed by atoms with van der Waals surface area (Å²) in [6.07, 6.45) is 0.785. The van der Waals surface area contributed by atoms with Crippen molar-refractivity contribution in [3.8, 4) is 0 Å². The fraction of sp³-hybridized carbons (Fsp3) is 0.500. The highest BCUT2D eigenvalue weighted by atomic mass is 79.9. The molecule has 0 fully saturated rings. The van der Waals surface area contributed by atoms with Crippen LogP contribution in [0, 0.1) is 5.92 Å². The number of benzene rings is 1. The van der Waals surface area contributed by atoms with Gasteiger partial charge in [-0.25, -0.2) is 13.1 Å². The minimum Gasteiger partial charge on any atom is -0.208 e. The van der Waals surface area contributed by atoms with Crippen molar-refractivity contribution < 1.29 is 8.42 Å². The van der Waals surface area contributed by atoms with Crippen molar-refractivity contribution in [3.05, 3.63) is 27.7 Å². The highest BCUT2D eigenvalue weighted by Gasteiger charge is 2.20. The number of halogens is 2. The Bertz CT molecular complexity index is 517. The zero-order chi connectivity index (χ0) is 13.9. The van der Waals surface area contributed by atoms with Gasteiger partial charge in [-0.2, -0.15) is 0 Å². The Balaban J connectivity index is 2.93. The number of rotatable bonds is 5. The van der Waals surface area contributed by atoms with Gasteiger partial charge in [0.05, 0.1) is 5.02 Å². The summed E-state index contributed by atoms with van der Waals surface area (Å²) in [5.74, 6) is 0.433. The molecule has 1 aromatic carbocycles. The molecule has 0 heterocycles. The summed E-state index contributed by atoms with van der Waals surface area (Å²) in [6.45, 7) is 5.96. The third-order valence-corrected chi connectivity index (χ3v) is 4.93. The molecule has 0 aliphatic rings. The third-order valence-electron chi connectivity index (χ3n) is 2.36. The van der Waals surface area contributed by atoms with Crippen molar-refractivity contribution in [1.29, 1.82) is 0 Å². The van der Waals surface area contributed by atoms with Gasteiger partial charge in [-0.3, -0.25) is 0 Å². The second-order valence-electron chi connectivity index (χ2n) is 4.73. The molecule has 0 spiro atoms. The molecule has 18 heavy (non-hydrogen) atoms. The number of sulfonamides is 1. The van der Waals surface area contributed by atoms with Gasteiger partial charge in [-0.15, -0.1) is 0 Å². The Labute approximate surface area is 122 Å². The average molecular weight is 355 g/mol. The quantitative estimate of drug-likeness (QED) is 0.874. The fourth-order valence-corrected chi connectivity index (χ4v) is 4.07. The van der Waals surface area contributed by atoms with Gasteiger partial charge >= 0.3 is 0 Å². The van der Waals surface area contributed by atoms with Crippen LogP contribution in [-0.4, -0.2) is 14.5 Å². The summed E-state index contributed by atoms with van der Waals surface area (Å²) in [7, 11) is -3.56. The van der Waals surface area contributed by atoms with Gasteiger partial charge in [0, 0.05) is 10.5 Å². The lowest BCUT2D eigenvalue weighted by Crippen LogP contribution is -2.33. The van der Waals surface area contributed by atoms with E-state index in [9.17, 15) is 8.42 Å². The summed E-state index contributed by atoms with van der Waals surface area (Å²) in [5.41, 5.74) is 0. The lowest BCUT2D eigenvalue weighted by Gasteiger charge is -2.16. The monoisotopic (exact) mass is 353 g/mol. The minimum atomic E-state index is -3.56. The maximum absolute atomic E-state index is 12.1. The second kappa shape index (κ2) is 6.37. The van der Waals surface area contributed by atoms with Crippen LogP contribution in [0.15, 0.2) is 27.6 Å². The van der Waals surface area contributed by atoms with Gasteiger partial charge < -0.3 is 0 Å². The molecule has 0 radical (unpaired) electrons. The van der Waals surface area contributed by atoms with Crippen molar-refractivity contribution in [1.82, 2.24) is 4.72 Å². The van der Waals surface area contributed by atoms with E-state index < -0.39 is 10.0 Å². The average Bonchev–Trinajstić information content (AvgIpc) is 2.13. The van der Waals surface area contributed by atoms with E-state index in [0.29, 0.717) is 5.92 Å². The van der Waals surface area contributed by atoms with Gasteiger partial charge in [-0.1, -0.05) is 41.4 Å². The normalized spacial score (nSPS) is 13.9. The van der Waals surface area contributed by atoms with Crippen molar-refractivity contribution in [3.63, 3.8) is 0 Å². The van der Waals surface area contributed by atoms with Crippen LogP contribution in [-0.2, 0) is 10.0 Å². The topological polar surface area (TPSA) is 46.2 Å². The summed E-state index contributed by atoms with van der Waals surface area (Å²) in [4.78, 5) is 0.114. The Kier molecular flexibility index (Phi) is 5.65. The fourth-order valence-electron chi connectivity index (χ4n) is 1.78. The molecule has 3 nitrogen and oxygen atoms in total. The lowest BCUT2D eigenvalue weighted by atomic mass is 10.1. The van der Waals surface area contributed by atoms with Crippen LogP contribution >= 0.6 is 27.5 Å². The van der Waals surface area contributed by atoms with Crippen LogP contribution in [0.4, 0.5) is 0 Å². The standard InChI is InChI=1S/C12H17BrClNO2S/c1-8(2)6-9(3)15-18(16,17)12-5-4-10(13)7-11(12)14/h4-5,7-9,15H,6H2,1-3H3. The van der Waals surface area contributed by atoms with Crippen molar-refractivity contribution >= 4 is 37.6 Å². The molecule has 0 saturated carbocycles. The molecule has 0 aromatic heterocycles. The maximum atomic E-state index is 12.1. The Morgan fingerprint density at radius 1 is 1.33 bits per heavy atom. The zero-order valence-electron chi connectivity index (χ0n) is 10.6. The molecular weight excluding hydrogens is 338 g/mol. The highest BCUT2D eigenvalue weighted by molar-refractivity contribution is 9.10. The van der Waals surface area contributed by atoms with Crippen LogP contribution in [0.5, 0.6) is 0 Å². The second-order valence-corrected chi connectivity index (χ2v) is 7.73. The van der Waals surface area contributed by atoms with Crippen LogP contribution in [0.1, 0.15) is 27.2 Å². The largest absolute Gasteiger partial charge is 0.242 e. The van der Waals surface area contributed by atoms with Crippen molar-refractivity contribution in [2.45, 2.75) is 38.1 Å². The molecule has 0 bridgehead atoms. The predicted molar refractivity (Wildman–Crippen MR) is 78.4 cm³/mol. The first kappa shape index (κ1) is 16.0. The predicted octanol–water partition coefficient (Wildman–Crippen LogP) is 3.82. The van der Waals surface area contributed by atoms with Crippen molar-refractivity contribution in [2.75, 3.05) is 0 Å². The highest BCUT2D eigenvalue weighted by Crippen LogP contribution is 2.25. The molecule has 0 saturated heterocycles. The van der Waals surface area contributed by atoms with E-state index >= 15 is 0 Å². The number of hydrogen-bond donors (Lipinski definition) is 1. The van der Waals surface area contributed by atoms with E-state index in [2.05, 4.69) is 34.5 Å². The van der Waals surface area contributed by atoms with E-state index in [1.165, 1.54) is 6.07 Å². The summed E-state index contributed by atoms with van der Waals surface area (Å²) < 4.78 is 27.7. The zero-order valence-corrected chi connectivity index (χ0v) is 13.7. The maximum Gasteiger partial charge on any atom is 0.242 e. The summed E-state index contributed by atoms with van der Waals surface area (Å²) in [5, 5.41) is 0.216. The van der Waals surface area contributed by atoms with E-state index in [1.54, 1.807) is 12.1 Å². The Morgan fingerprint density at radius 2 is 1.94 bits per heavy atom. The molecule has 0 aliphatic heterocycles. The first-order valence-corrected chi connectivity index (χ1v) is 8.35. The molecule has 1 atom stereocenters. The van der Waals surface area contributed by atoms with Gasteiger partial charge in [-0.05, 0) is 37.5 Å². The smallest absolute Gasteiger partial charge is 0.208 e. The first-order valence-electron chi connectivity index (χ1n) is 5.69. The molecule has 0 amide bonds. The molecular formula is C12H17BrClNO2S. The SMILES string of the molecule is CC(C)CC(C)NS(=O)(=O)c1ccc(Br)cc1Cl. The van der Waals surface area contributed by atoms with Crippen LogP contribution in [0.2, 0.25) is 5.02 Å². The van der Waals surface area contributed by atoms with E-state index in [0.717, 1.165) is 10.9 Å². The van der Waals surface area contributed by atoms with E-state index in [-0.39, 0.29) is 16.0 Å². The minimum absolute atomic E-state index is 0.114. The molecule has 1 rings (SSSR count). The first-order chi connectivity index (χ1) is 8.22. The summed E-state index contributed by atoms with van der Waals surface area (Å²) >= 11 is 9.20.